The van der Waals surface area contributed by atoms with E-state index < -0.39 is 29.4 Å². The van der Waals surface area contributed by atoms with E-state index in [9.17, 15) is 18.7 Å². The van der Waals surface area contributed by atoms with Crippen molar-refractivity contribution in [3.63, 3.8) is 0 Å². The van der Waals surface area contributed by atoms with Gasteiger partial charge in [-0.3, -0.25) is 4.79 Å². The Balaban J connectivity index is 2.95. The number of aliphatic carboxylic acids is 1. The van der Waals surface area contributed by atoms with Crippen LogP contribution in [0.3, 0.4) is 0 Å². The minimum absolute atomic E-state index is 0.0381. The molecule has 4 nitrogen and oxygen atoms in total. The van der Waals surface area contributed by atoms with E-state index in [2.05, 4.69) is 0 Å². The van der Waals surface area contributed by atoms with E-state index in [1.165, 1.54) is 0 Å². The molecule has 0 aliphatic carbocycles. The number of hydrogen-bond donors (Lipinski definition) is 3. The maximum atomic E-state index is 12.7. The summed E-state index contributed by atoms with van der Waals surface area (Å²) in [5.74, 6) is -4.13. The number of benzene rings is 1. The number of hydrogen-bond acceptors (Lipinski definition) is 3. The third-order valence-electron chi connectivity index (χ3n) is 1.88. The van der Waals surface area contributed by atoms with Crippen molar-refractivity contribution >= 4 is 5.97 Å². The van der Waals surface area contributed by atoms with E-state index in [4.69, 9.17) is 10.8 Å². The summed E-state index contributed by atoms with van der Waals surface area (Å²) in [6.45, 7) is 0. The van der Waals surface area contributed by atoms with Crippen LogP contribution in [0.2, 0.25) is 0 Å². The van der Waals surface area contributed by atoms with E-state index in [-0.39, 0.29) is 12.0 Å². The lowest BCUT2D eigenvalue weighted by Gasteiger charge is -2.08. The third kappa shape index (κ3) is 2.63. The smallest absolute Gasteiger partial charge is 0.320 e. The summed E-state index contributed by atoms with van der Waals surface area (Å²) in [5.41, 5.74) is 5.14. The van der Waals surface area contributed by atoms with Crippen molar-refractivity contribution in [3.8, 4) is 5.75 Å². The molecule has 82 valence electrons. The van der Waals surface area contributed by atoms with Gasteiger partial charge in [0.2, 0.25) is 0 Å². The van der Waals surface area contributed by atoms with E-state index in [0.29, 0.717) is 6.07 Å². The lowest BCUT2D eigenvalue weighted by Crippen LogP contribution is -2.32. The molecule has 0 aliphatic heterocycles. The van der Waals surface area contributed by atoms with Crippen molar-refractivity contribution < 1.29 is 23.8 Å². The van der Waals surface area contributed by atoms with Gasteiger partial charge in [-0.15, -0.1) is 0 Å². The van der Waals surface area contributed by atoms with E-state index in [1.807, 2.05) is 0 Å². The molecule has 6 heteroatoms. The van der Waals surface area contributed by atoms with Gasteiger partial charge < -0.3 is 15.9 Å². The monoisotopic (exact) mass is 217 g/mol. The fourth-order valence-corrected chi connectivity index (χ4v) is 1.07. The molecule has 4 N–H and O–H groups in total. The molecule has 1 aromatic rings. The van der Waals surface area contributed by atoms with E-state index in [1.54, 1.807) is 0 Å². The number of nitrogens with two attached hydrogens (primary N) is 1. The van der Waals surface area contributed by atoms with Crippen LogP contribution in [0.4, 0.5) is 8.78 Å². The SMILES string of the molecule is NC(Cc1cc(F)c(F)cc1O)C(=O)O. The fourth-order valence-electron chi connectivity index (χ4n) is 1.07. The van der Waals surface area contributed by atoms with Crippen LogP contribution in [-0.4, -0.2) is 22.2 Å². The Morgan fingerprint density at radius 2 is 1.93 bits per heavy atom. The van der Waals surface area contributed by atoms with Crippen LogP contribution in [0, 0.1) is 11.6 Å². The number of halogens is 2. The highest BCUT2D eigenvalue weighted by molar-refractivity contribution is 5.73. The van der Waals surface area contributed by atoms with Crippen molar-refractivity contribution in [1.82, 2.24) is 0 Å². The number of aromatic hydroxyl groups is 1. The molecule has 0 radical (unpaired) electrons. The molecule has 1 rings (SSSR count). The van der Waals surface area contributed by atoms with Crippen molar-refractivity contribution in [1.29, 1.82) is 0 Å². The standard InChI is InChI=1S/C9H9F2NO3/c10-5-1-4(2-7(12)9(14)15)8(13)3-6(5)11/h1,3,7,13H,2,12H2,(H,14,15). The highest BCUT2D eigenvalue weighted by Crippen LogP contribution is 2.21. The van der Waals surface area contributed by atoms with Gasteiger partial charge in [-0.25, -0.2) is 8.78 Å². The van der Waals surface area contributed by atoms with Gasteiger partial charge in [0.1, 0.15) is 11.8 Å². The normalized spacial score (nSPS) is 12.5. The van der Waals surface area contributed by atoms with Crippen molar-refractivity contribution in [2.45, 2.75) is 12.5 Å². The third-order valence-corrected chi connectivity index (χ3v) is 1.88. The predicted octanol–water partition coefficient (Wildman–Crippen LogP) is 0.625. The van der Waals surface area contributed by atoms with Crippen LogP contribution in [0.15, 0.2) is 12.1 Å². The molecule has 0 amide bonds. The highest BCUT2D eigenvalue weighted by atomic mass is 19.2. The molecule has 0 saturated carbocycles. The second-order valence-electron chi connectivity index (χ2n) is 3.04. The van der Waals surface area contributed by atoms with E-state index >= 15 is 0 Å². The molecule has 0 aliphatic rings. The molecule has 0 heterocycles. The molecule has 0 aromatic heterocycles. The maximum absolute atomic E-state index is 12.7. The highest BCUT2D eigenvalue weighted by Gasteiger charge is 2.16. The summed E-state index contributed by atoms with van der Waals surface area (Å²) in [7, 11) is 0. The average Bonchev–Trinajstić information content (AvgIpc) is 2.13. The van der Waals surface area contributed by atoms with Gasteiger partial charge in [0.25, 0.3) is 0 Å². The van der Waals surface area contributed by atoms with Gasteiger partial charge in [-0.05, 0) is 11.6 Å². The number of carboxylic acid groups (broad SMARTS) is 1. The second-order valence-corrected chi connectivity index (χ2v) is 3.04. The molecular weight excluding hydrogens is 208 g/mol. The lowest BCUT2D eigenvalue weighted by atomic mass is 10.1. The van der Waals surface area contributed by atoms with Crippen molar-refractivity contribution in [2.24, 2.45) is 5.73 Å². The van der Waals surface area contributed by atoms with Crippen molar-refractivity contribution in [2.75, 3.05) is 0 Å². The van der Waals surface area contributed by atoms with Crippen LogP contribution in [0.5, 0.6) is 5.75 Å². The summed E-state index contributed by atoms with van der Waals surface area (Å²) >= 11 is 0. The van der Waals surface area contributed by atoms with Crippen LogP contribution < -0.4 is 5.73 Å². The predicted molar refractivity (Wildman–Crippen MR) is 47.3 cm³/mol. The fraction of sp³-hybridized carbons (Fsp3) is 0.222. The molecule has 0 fully saturated rings. The number of carbonyl (C=O) groups is 1. The van der Waals surface area contributed by atoms with Crippen LogP contribution in [0.1, 0.15) is 5.56 Å². The Labute approximate surface area is 83.9 Å². The summed E-state index contributed by atoms with van der Waals surface area (Å²) in [6.07, 6.45) is -0.266. The quantitative estimate of drug-likeness (QED) is 0.693. The summed E-state index contributed by atoms with van der Waals surface area (Å²) in [6, 6.07) is 0.0490. The second kappa shape index (κ2) is 4.22. The lowest BCUT2D eigenvalue weighted by molar-refractivity contribution is -0.138. The minimum atomic E-state index is -1.28. The van der Waals surface area contributed by atoms with Crippen LogP contribution >= 0.6 is 0 Å². The minimum Gasteiger partial charge on any atom is -0.508 e. The molecule has 1 unspecified atom stereocenters. The summed E-state index contributed by atoms with van der Waals surface area (Å²) in [5, 5.41) is 17.7. The molecule has 0 spiro atoms. The molecule has 1 aromatic carbocycles. The number of phenolic OH excluding ortho intramolecular Hbond substituents is 1. The van der Waals surface area contributed by atoms with Crippen LogP contribution in [-0.2, 0) is 11.2 Å². The Bertz CT molecular complexity index is 395. The zero-order chi connectivity index (χ0) is 11.6. The van der Waals surface area contributed by atoms with Gasteiger partial charge >= 0.3 is 5.97 Å². The van der Waals surface area contributed by atoms with Gasteiger partial charge in [0.15, 0.2) is 11.6 Å². The van der Waals surface area contributed by atoms with Gasteiger partial charge in [0, 0.05) is 12.5 Å². The zero-order valence-corrected chi connectivity index (χ0v) is 7.58. The maximum Gasteiger partial charge on any atom is 0.320 e. The Morgan fingerprint density at radius 1 is 1.40 bits per heavy atom. The average molecular weight is 217 g/mol. The number of rotatable bonds is 3. The van der Waals surface area contributed by atoms with E-state index in [0.717, 1.165) is 6.07 Å². The zero-order valence-electron chi connectivity index (χ0n) is 7.58. The molecular formula is C9H9F2NO3. The first-order valence-electron chi connectivity index (χ1n) is 4.07. The van der Waals surface area contributed by atoms with Gasteiger partial charge in [0.05, 0.1) is 0 Å². The Hall–Kier alpha value is -1.69. The molecule has 15 heavy (non-hydrogen) atoms. The number of carboxylic acids is 1. The first kappa shape index (κ1) is 11.4. The Morgan fingerprint density at radius 3 is 2.47 bits per heavy atom. The number of phenols is 1. The summed E-state index contributed by atoms with van der Waals surface area (Å²) < 4.78 is 25.3. The van der Waals surface area contributed by atoms with Gasteiger partial charge in [-0.1, -0.05) is 0 Å². The van der Waals surface area contributed by atoms with Gasteiger partial charge in [-0.2, -0.15) is 0 Å². The largest absolute Gasteiger partial charge is 0.508 e. The van der Waals surface area contributed by atoms with Crippen molar-refractivity contribution in [3.05, 3.63) is 29.3 Å². The Kier molecular flexibility index (Phi) is 3.21. The molecule has 0 bridgehead atoms. The van der Waals surface area contributed by atoms with Crippen LogP contribution in [0.25, 0.3) is 0 Å². The summed E-state index contributed by atoms with van der Waals surface area (Å²) in [4.78, 5) is 10.4. The molecule has 0 saturated heterocycles. The first-order valence-corrected chi connectivity index (χ1v) is 4.07. The first-order chi connectivity index (χ1) is 6.91. The topological polar surface area (TPSA) is 83.5 Å². The molecule has 1 atom stereocenters.